The monoisotopic (exact) mass is 260 g/mol. The Kier molecular flexibility index (Phi) is 5.15. The number of halogens is 1. The zero-order valence-electron chi connectivity index (χ0n) is 9.77. The summed E-state index contributed by atoms with van der Waals surface area (Å²) in [6, 6.07) is 0.404. The van der Waals surface area contributed by atoms with Gasteiger partial charge in [-0.05, 0) is 12.7 Å². The van der Waals surface area contributed by atoms with Crippen LogP contribution in [0.4, 0.5) is 11.6 Å². The molecule has 1 unspecified atom stereocenters. The summed E-state index contributed by atoms with van der Waals surface area (Å²) in [6.07, 6.45) is 4.57. The van der Waals surface area contributed by atoms with Crippen molar-refractivity contribution in [2.45, 2.75) is 19.4 Å². The van der Waals surface area contributed by atoms with E-state index in [1.807, 2.05) is 18.8 Å². The molecule has 0 aliphatic rings. The second kappa shape index (κ2) is 6.15. The Labute approximate surface area is 106 Å². The van der Waals surface area contributed by atoms with Crippen LogP contribution >= 0.6 is 23.4 Å². The van der Waals surface area contributed by atoms with E-state index < -0.39 is 0 Å². The van der Waals surface area contributed by atoms with Crippen LogP contribution in [0.25, 0.3) is 0 Å². The van der Waals surface area contributed by atoms with Crippen molar-refractivity contribution >= 4 is 35.0 Å². The lowest BCUT2D eigenvalue weighted by atomic mass is 10.2. The molecule has 0 aliphatic heterocycles. The molecular weight excluding hydrogens is 244 g/mol. The Balaban J connectivity index is 2.94. The summed E-state index contributed by atoms with van der Waals surface area (Å²) in [5, 5.41) is 0.435. The molecule has 90 valence electrons. The SMILES string of the molecule is CCC(CSC)N(C)c1ncnc(N)c1Cl. The first-order valence-corrected chi connectivity index (χ1v) is 6.86. The minimum atomic E-state index is 0.331. The van der Waals surface area contributed by atoms with Crippen LogP contribution in [0.15, 0.2) is 6.33 Å². The van der Waals surface area contributed by atoms with Crippen LogP contribution in [0.1, 0.15) is 13.3 Å². The summed E-state index contributed by atoms with van der Waals surface area (Å²) in [6.45, 7) is 2.15. The average Bonchev–Trinajstić information content (AvgIpc) is 2.29. The van der Waals surface area contributed by atoms with Crippen molar-refractivity contribution in [3.63, 3.8) is 0 Å². The highest BCUT2D eigenvalue weighted by molar-refractivity contribution is 7.98. The minimum absolute atomic E-state index is 0.331. The average molecular weight is 261 g/mol. The molecule has 0 amide bonds. The number of thioether (sulfide) groups is 1. The van der Waals surface area contributed by atoms with Crippen LogP contribution in [-0.4, -0.2) is 35.1 Å². The van der Waals surface area contributed by atoms with E-state index in [4.69, 9.17) is 17.3 Å². The van der Waals surface area contributed by atoms with Crippen molar-refractivity contribution in [1.29, 1.82) is 0 Å². The molecule has 2 N–H and O–H groups in total. The fourth-order valence-electron chi connectivity index (χ4n) is 1.49. The smallest absolute Gasteiger partial charge is 0.153 e. The lowest BCUT2D eigenvalue weighted by molar-refractivity contribution is 0.665. The Bertz CT molecular complexity index is 348. The molecule has 0 spiro atoms. The summed E-state index contributed by atoms with van der Waals surface area (Å²) in [5.74, 6) is 2.07. The Hall–Kier alpha value is -0.680. The highest BCUT2D eigenvalue weighted by Crippen LogP contribution is 2.28. The molecule has 1 aromatic rings. The summed E-state index contributed by atoms with van der Waals surface area (Å²) in [5.41, 5.74) is 5.66. The maximum absolute atomic E-state index is 6.09. The van der Waals surface area contributed by atoms with Crippen LogP contribution in [0.5, 0.6) is 0 Å². The first kappa shape index (κ1) is 13.4. The number of hydrogen-bond donors (Lipinski definition) is 1. The number of rotatable bonds is 5. The third-order valence-electron chi connectivity index (χ3n) is 2.51. The van der Waals surface area contributed by atoms with Gasteiger partial charge in [0.05, 0.1) is 0 Å². The molecule has 1 heterocycles. The normalized spacial score (nSPS) is 12.5. The van der Waals surface area contributed by atoms with Crippen LogP contribution < -0.4 is 10.6 Å². The lowest BCUT2D eigenvalue weighted by Gasteiger charge is -2.28. The van der Waals surface area contributed by atoms with Crippen molar-refractivity contribution in [3.05, 3.63) is 11.3 Å². The summed E-state index contributed by atoms with van der Waals surface area (Å²) >= 11 is 7.90. The first-order valence-electron chi connectivity index (χ1n) is 5.09. The summed E-state index contributed by atoms with van der Waals surface area (Å²) in [7, 11) is 1.98. The van der Waals surface area contributed by atoms with Crippen molar-refractivity contribution in [2.75, 3.05) is 29.7 Å². The van der Waals surface area contributed by atoms with E-state index in [1.54, 1.807) is 0 Å². The molecule has 4 nitrogen and oxygen atoms in total. The van der Waals surface area contributed by atoms with Crippen LogP contribution in [0.3, 0.4) is 0 Å². The molecule has 0 aromatic carbocycles. The van der Waals surface area contributed by atoms with E-state index in [9.17, 15) is 0 Å². The third kappa shape index (κ3) is 2.92. The van der Waals surface area contributed by atoms with Gasteiger partial charge in [-0.2, -0.15) is 11.8 Å². The topological polar surface area (TPSA) is 55.0 Å². The molecule has 0 bridgehead atoms. The van der Waals surface area contributed by atoms with E-state index in [0.29, 0.717) is 22.7 Å². The quantitative estimate of drug-likeness (QED) is 0.880. The van der Waals surface area contributed by atoms with Gasteiger partial charge in [-0.15, -0.1) is 0 Å². The Morgan fingerprint density at radius 2 is 2.25 bits per heavy atom. The molecule has 1 aromatic heterocycles. The summed E-state index contributed by atoms with van der Waals surface area (Å²) in [4.78, 5) is 10.1. The van der Waals surface area contributed by atoms with E-state index in [2.05, 4.69) is 28.0 Å². The van der Waals surface area contributed by atoms with Gasteiger partial charge < -0.3 is 10.6 Å². The number of anilines is 2. The number of aromatic nitrogens is 2. The standard InChI is InChI=1S/C10H17ClN4S/c1-4-7(5-16-3)15(2)10-8(11)9(12)13-6-14-10/h6-7H,4-5H2,1-3H3,(H2,12,13,14). The second-order valence-electron chi connectivity index (χ2n) is 3.52. The molecule has 16 heavy (non-hydrogen) atoms. The Morgan fingerprint density at radius 3 is 2.81 bits per heavy atom. The van der Waals surface area contributed by atoms with Gasteiger partial charge in [0.25, 0.3) is 0 Å². The molecule has 0 fully saturated rings. The van der Waals surface area contributed by atoms with Gasteiger partial charge in [0.1, 0.15) is 17.2 Å². The Morgan fingerprint density at radius 1 is 1.56 bits per heavy atom. The predicted molar refractivity (Wildman–Crippen MR) is 72.3 cm³/mol. The fraction of sp³-hybridized carbons (Fsp3) is 0.600. The van der Waals surface area contributed by atoms with Gasteiger partial charge in [0.2, 0.25) is 0 Å². The molecule has 1 atom stereocenters. The van der Waals surface area contributed by atoms with E-state index in [1.165, 1.54) is 6.33 Å². The molecule has 0 saturated carbocycles. The summed E-state index contributed by atoms with van der Waals surface area (Å²) < 4.78 is 0. The maximum atomic E-state index is 6.09. The minimum Gasteiger partial charge on any atom is -0.382 e. The van der Waals surface area contributed by atoms with Gasteiger partial charge in [-0.3, -0.25) is 0 Å². The van der Waals surface area contributed by atoms with Gasteiger partial charge in [0, 0.05) is 18.8 Å². The molecule has 0 saturated heterocycles. The van der Waals surface area contributed by atoms with Gasteiger partial charge in [-0.25, -0.2) is 9.97 Å². The van der Waals surface area contributed by atoms with Crippen LogP contribution in [-0.2, 0) is 0 Å². The fourth-order valence-corrected chi connectivity index (χ4v) is 2.56. The van der Waals surface area contributed by atoms with E-state index in [0.717, 1.165) is 12.2 Å². The highest BCUT2D eigenvalue weighted by Gasteiger charge is 2.17. The van der Waals surface area contributed by atoms with Crippen LogP contribution in [0, 0.1) is 0 Å². The number of nitrogens with zero attached hydrogens (tertiary/aromatic N) is 3. The largest absolute Gasteiger partial charge is 0.382 e. The molecule has 1 rings (SSSR count). The van der Waals surface area contributed by atoms with Crippen molar-refractivity contribution in [2.24, 2.45) is 0 Å². The molecule has 0 radical (unpaired) electrons. The molecule has 6 heteroatoms. The van der Waals surface area contributed by atoms with Crippen molar-refractivity contribution in [1.82, 2.24) is 9.97 Å². The van der Waals surface area contributed by atoms with Gasteiger partial charge >= 0.3 is 0 Å². The highest BCUT2D eigenvalue weighted by atomic mass is 35.5. The number of hydrogen-bond acceptors (Lipinski definition) is 5. The molecule has 0 aliphatic carbocycles. The first-order chi connectivity index (χ1) is 7.61. The number of nitrogens with two attached hydrogens (primary N) is 1. The lowest BCUT2D eigenvalue weighted by Crippen LogP contribution is -2.34. The molecular formula is C10H17ClN4S. The van der Waals surface area contributed by atoms with Crippen LogP contribution in [0.2, 0.25) is 5.02 Å². The third-order valence-corrected chi connectivity index (χ3v) is 3.59. The van der Waals surface area contributed by atoms with E-state index >= 15 is 0 Å². The zero-order valence-corrected chi connectivity index (χ0v) is 11.3. The van der Waals surface area contributed by atoms with Crippen molar-refractivity contribution in [3.8, 4) is 0 Å². The second-order valence-corrected chi connectivity index (χ2v) is 4.81. The number of nitrogen functional groups attached to an aromatic ring is 1. The predicted octanol–water partition coefficient (Wildman–Crippen LogP) is 2.29. The maximum Gasteiger partial charge on any atom is 0.153 e. The van der Waals surface area contributed by atoms with Gasteiger partial charge in [-0.1, -0.05) is 18.5 Å². The van der Waals surface area contributed by atoms with E-state index in [-0.39, 0.29) is 0 Å². The zero-order chi connectivity index (χ0) is 12.1. The van der Waals surface area contributed by atoms with Crippen molar-refractivity contribution < 1.29 is 0 Å². The van der Waals surface area contributed by atoms with Gasteiger partial charge in [0.15, 0.2) is 5.82 Å².